The second-order valence-electron chi connectivity index (χ2n) is 8.15. The number of hydrogen-bond donors (Lipinski definition) is 1. The van der Waals surface area contributed by atoms with Gasteiger partial charge in [0.25, 0.3) is 0 Å². The summed E-state index contributed by atoms with van der Waals surface area (Å²) in [5.74, 6) is 0. The van der Waals surface area contributed by atoms with Crippen LogP contribution in [0.5, 0.6) is 0 Å². The molecule has 1 N–H and O–H groups in total. The topological polar surface area (TPSA) is 24.9 Å². The highest BCUT2D eigenvalue weighted by Gasteiger charge is 2.46. The number of pyridine rings is 1. The van der Waals surface area contributed by atoms with Gasteiger partial charge >= 0.3 is 0 Å². The van der Waals surface area contributed by atoms with E-state index in [0.717, 1.165) is 17.9 Å². The van der Waals surface area contributed by atoms with Crippen LogP contribution < -0.4 is 5.32 Å². The zero-order chi connectivity index (χ0) is 18.4. The van der Waals surface area contributed by atoms with Crippen LogP contribution >= 0.6 is 0 Å². The smallest absolute Gasteiger partial charge is 0.0597 e. The molecule has 0 fully saturated rings. The van der Waals surface area contributed by atoms with E-state index in [1.165, 1.54) is 42.5 Å². The van der Waals surface area contributed by atoms with Gasteiger partial charge in [0.1, 0.15) is 0 Å². The molecule has 1 aromatic heterocycles. The molecule has 0 amide bonds. The monoisotopic (exact) mass is 354 g/mol. The Morgan fingerprint density at radius 3 is 2.33 bits per heavy atom. The fourth-order valence-electron chi connectivity index (χ4n) is 5.47. The van der Waals surface area contributed by atoms with E-state index >= 15 is 0 Å². The summed E-state index contributed by atoms with van der Waals surface area (Å²) >= 11 is 0. The van der Waals surface area contributed by atoms with Gasteiger partial charge in [-0.05, 0) is 85.5 Å². The lowest BCUT2D eigenvalue weighted by atomic mass is 9.74. The number of aromatic nitrogens is 1. The Hall–Kier alpha value is -2.61. The van der Waals surface area contributed by atoms with Crippen molar-refractivity contribution in [2.75, 3.05) is 5.32 Å². The maximum atomic E-state index is 4.66. The Balaban J connectivity index is 1.56. The summed E-state index contributed by atoms with van der Waals surface area (Å²) < 4.78 is 0. The van der Waals surface area contributed by atoms with E-state index in [1.54, 1.807) is 16.7 Å². The van der Waals surface area contributed by atoms with E-state index in [2.05, 4.69) is 78.7 Å². The predicted octanol–water partition coefficient (Wildman–Crippen LogP) is 5.49. The summed E-state index contributed by atoms with van der Waals surface area (Å²) in [6, 6.07) is 19.9. The molecule has 0 aliphatic heterocycles. The zero-order valence-electron chi connectivity index (χ0n) is 16.2. The van der Waals surface area contributed by atoms with Gasteiger partial charge < -0.3 is 5.32 Å². The lowest BCUT2D eigenvalue weighted by molar-refractivity contribution is 0.506. The largest absolute Gasteiger partial charge is 0.379 e. The van der Waals surface area contributed by atoms with Crippen LogP contribution in [-0.4, -0.2) is 4.98 Å². The molecule has 0 radical (unpaired) electrons. The van der Waals surface area contributed by atoms with E-state index in [4.69, 9.17) is 0 Å². The minimum atomic E-state index is 0.194. The number of hydrogen-bond acceptors (Lipinski definition) is 2. The maximum Gasteiger partial charge on any atom is 0.0597 e. The number of aryl methyl sites for hydroxylation is 4. The summed E-state index contributed by atoms with van der Waals surface area (Å²) in [4.78, 5) is 4.66. The molecule has 3 aromatic rings. The number of benzene rings is 2. The van der Waals surface area contributed by atoms with Crippen molar-refractivity contribution in [3.8, 4) is 0 Å². The molecular formula is C25H26N2. The van der Waals surface area contributed by atoms with Crippen LogP contribution in [0.25, 0.3) is 0 Å². The van der Waals surface area contributed by atoms with Gasteiger partial charge in [0.05, 0.1) is 12.2 Å². The Bertz CT molecular complexity index is 1020. The van der Waals surface area contributed by atoms with Crippen molar-refractivity contribution in [1.82, 2.24) is 4.98 Å². The lowest BCUT2D eigenvalue weighted by Crippen LogP contribution is -2.24. The van der Waals surface area contributed by atoms with Gasteiger partial charge in [-0.2, -0.15) is 0 Å². The standard InChI is InChI=1S/C25H26N2/c1-17-6-3-8-19-12-14-25(23(17)19)15-13-20-9-5-11-22(24(20)25)26-16-21-10-4-7-18(2)27-21/h3-11,26H,12-16H2,1-2H3/t25-/m1/s1. The Morgan fingerprint density at radius 1 is 0.852 bits per heavy atom. The molecule has 2 heteroatoms. The summed E-state index contributed by atoms with van der Waals surface area (Å²) in [6.45, 7) is 5.11. The van der Waals surface area contributed by atoms with Crippen molar-refractivity contribution >= 4 is 5.69 Å². The fraction of sp³-hybridized carbons (Fsp3) is 0.320. The molecule has 0 saturated carbocycles. The van der Waals surface area contributed by atoms with E-state index in [1.807, 2.05) is 0 Å². The molecule has 27 heavy (non-hydrogen) atoms. The molecule has 2 aromatic carbocycles. The Kier molecular flexibility index (Phi) is 3.82. The SMILES string of the molecule is Cc1cccc(CNc2cccc3c2[C@]2(CCc4cccc(C)c42)CC3)n1. The van der Waals surface area contributed by atoms with Gasteiger partial charge in [0, 0.05) is 16.8 Å². The maximum absolute atomic E-state index is 4.66. The first kappa shape index (κ1) is 16.6. The molecule has 1 spiro atoms. The average Bonchev–Trinajstić information content (AvgIpc) is 3.24. The van der Waals surface area contributed by atoms with Crippen LogP contribution in [0.3, 0.4) is 0 Å². The number of nitrogens with zero attached hydrogens (tertiary/aromatic N) is 1. The van der Waals surface area contributed by atoms with Crippen LogP contribution in [0.2, 0.25) is 0 Å². The number of fused-ring (bicyclic) bond motifs is 4. The van der Waals surface area contributed by atoms with Crippen molar-refractivity contribution in [1.29, 1.82) is 0 Å². The van der Waals surface area contributed by atoms with Crippen molar-refractivity contribution in [2.45, 2.75) is 51.5 Å². The first-order valence-corrected chi connectivity index (χ1v) is 10.1. The van der Waals surface area contributed by atoms with Gasteiger partial charge in [0.15, 0.2) is 0 Å². The van der Waals surface area contributed by atoms with Gasteiger partial charge in [0.2, 0.25) is 0 Å². The van der Waals surface area contributed by atoms with Gasteiger partial charge in [-0.1, -0.05) is 36.4 Å². The van der Waals surface area contributed by atoms with E-state index in [0.29, 0.717) is 0 Å². The average molecular weight is 354 g/mol. The molecular weight excluding hydrogens is 328 g/mol. The van der Waals surface area contributed by atoms with Crippen molar-refractivity contribution < 1.29 is 0 Å². The Labute approximate surface area is 161 Å². The molecule has 0 saturated heterocycles. The van der Waals surface area contributed by atoms with Crippen LogP contribution in [-0.2, 0) is 24.8 Å². The third kappa shape index (κ3) is 2.58. The van der Waals surface area contributed by atoms with Crippen LogP contribution in [0.1, 0.15) is 52.0 Å². The lowest BCUT2D eigenvalue weighted by Gasteiger charge is -2.30. The first-order valence-electron chi connectivity index (χ1n) is 10.1. The summed E-state index contributed by atoms with van der Waals surface area (Å²) in [5.41, 5.74) is 11.3. The molecule has 136 valence electrons. The molecule has 2 aliphatic rings. The zero-order valence-corrected chi connectivity index (χ0v) is 16.2. The number of nitrogens with one attached hydrogen (secondary N) is 1. The number of rotatable bonds is 3. The van der Waals surface area contributed by atoms with Crippen LogP contribution in [0, 0.1) is 13.8 Å². The molecule has 1 atom stereocenters. The molecule has 0 unspecified atom stereocenters. The highest BCUT2D eigenvalue weighted by molar-refractivity contribution is 5.67. The normalized spacial score (nSPS) is 19.9. The first-order chi connectivity index (χ1) is 13.2. The fourth-order valence-corrected chi connectivity index (χ4v) is 5.47. The second-order valence-corrected chi connectivity index (χ2v) is 8.15. The number of anilines is 1. The molecule has 1 heterocycles. The molecule has 0 bridgehead atoms. The van der Waals surface area contributed by atoms with Gasteiger partial charge in [-0.25, -0.2) is 0 Å². The summed E-state index contributed by atoms with van der Waals surface area (Å²) in [6.07, 6.45) is 4.86. The van der Waals surface area contributed by atoms with E-state index in [-0.39, 0.29) is 5.41 Å². The van der Waals surface area contributed by atoms with Gasteiger partial charge in [-0.15, -0.1) is 0 Å². The van der Waals surface area contributed by atoms with Crippen LogP contribution in [0.15, 0.2) is 54.6 Å². The minimum Gasteiger partial charge on any atom is -0.379 e. The highest BCUT2D eigenvalue weighted by atomic mass is 14.9. The van der Waals surface area contributed by atoms with Crippen LogP contribution in [0.4, 0.5) is 5.69 Å². The van der Waals surface area contributed by atoms with Crippen molar-refractivity contribution in [3.63, 3.8) is 0 Å². The third-order valence-corrected chi connectivity index (χ3v) is 6.52. The summed E-state index contributed by atoms with van der Waals surface area (Å²) in [7, 11) is 0. The molecule has 2 nitrogen and oxygen atoms in total. The van der Waals surface area contributed by atoms with Gasteiger partial charge in [-0.3, -0.25) is 4.98 Å². The molecule has 5 rings (SSSR count). The molecule has 2 aliphatic carbocycles. The minimum absolute atomic E-state index is 0.194. The third-order valence-electron chi connectivity index (χ3n) is 6.52. The van der Waals surface area contributed by atoms with Crippen molar-refractivity contribution in [2.24, 2.45) is 0 Å². The second kappa shape index (κ2) is 6.23. The predicted molar refractivity (Wildman–Crippen MR) is 111 cm³/mol. The quantitative estimate of drug-likeness (QED) is 0.673. The van der Waals surface area contributed by atoms with E-state index in [9.17, 15) is 0 Å². The Morgan fingerprint density at radius 2 is 1.56 bits per heavy atom. The highest BCUT2D eigenvalue weighted by Crippen LogP contribution is 2.55. The summed E-state index contributed by atoms with van der Waals surface area (Å²) in [5, 5.41) is 3.73. The van der Waals surface area contributed by atoms with Crippen molar-refractivity contribution in [3.05, 3.63) is 93.8 Å². The van der Waals surface area contributed by atoms with E-state index < -0.39 is 0 Å².